The Morgan fingerprint density at radius 3 is 2.22 bits per heavy atom. The number of urea groups is 1. The number of imidazole rings is 1. The molecular weight excluding hydrogens is 861 g/mol. The molecule has 0 radical (unpaired) electrons. The van der Waals surface area contributed by atoms with E-state index in [9.17, 15) is 53.1 Å². The summed E-state index contributed by atoms with van der Waals surface area (Å²) in [6.45, 7) is 2.73. The summed E-state index contributed by atoms with van der Waals surface area (Å²) in [5.74, 6) is -7.26. The van der Waals surface area contributed by atoms with Gasteiger partial charge in [0.1, 0.15) is 18.1 Å². The van der Waals surface area contributed by atoms with Crippen LogP contribution < -0.4 is 53.7 Å². The number of carbonyl (C=O) groups is 10. The highest BCUT2D eigenvalue weighted by Gasteiger charge is 2.42. The molecule has 0 aromatic carbocycles. The highest BCUT2D eigenvalue weighted by molar-refractivity contribution is 8.00. The van der Waals surface area contributed by atoms with E-state index in [1.807, 2.05) is 11.8 Å². The molecule has 14 N–H and O–H groups in total. The van der Waals surface area contributed by atoms with Crippen molar-refractivity contribution < 1.29 is 58.3 Å². The molecule has 24 nitrogen and oxygen atoms in total. The lowest BCUT2D eigenvalue weighted by atomic mass is 9.92. The minimum Gasteiger partial charge on any atom is -0.481 e. The number of carboxylic acid groups (broad SMARTS) is 1. The van der Waals surface area contributed by atoms with Gasteiger partial charge in [0.05, 0.1) is 31.5 Å². The number of carboxylic acids is 1. The van der Waals surface area contributed by atoms with Crippen molar-refractivity contribution in [2.75, 3.05) is 25.4 Å². The predicted molar refractivity (Wildman–Crippen MR) is 228 cm³/mol. The molecule has 7 atom stereocenters. The number of H-pyrrole nitrogens is 1. The second-order valence-electron chi connectivity index (χ2n) is 16.1. The number of nitrogens with one attached hydrogen (secondary N) is 10. The minimum atomic E-state index is -1.46. The van der Waals surface area contributed by atoms with Gasteiger partial charge in [-0.15, -0.1) is 0 Å². The molecule has 64 heavy (non-hydrogen) atoms. The van der Waals surface area contributed by atoms with E-state index in [-0.39, 0.29) is 55.6 Å². The number of carbonyl (C=O) groups excluding carboxylic acids is 9. The van der Waals surface area contributed by atoms with Crippen LogP contribution in [0.3, 0.4) is 0 Å². The van der Waals surface area contributed by atoms with E-state index < -0.39 is 97.3 Å². The molecule has 1 aromatic heterocycles. The van der Waals surface area contributed by atoms with E-state index >= 15 is 0 Å². The van der Waals surface area contributed by atoms with Crippen molar-refractivity contribution in [1.29, 1.82) is 0 Å². The number of unbranched alkanes of at least 4 members (excludes halogenated alkanes) is 2. The van der Waals surface area contributed by atoms with Gasteiger partial charge in [-0.2, -0.15) is 11.8 Å². The number of hydroxylamine groups is 1. The van der Waals surface area contributed by atoms with Crippen molar-refractivity contribution in [3.63, 3.8) is 0 Å². The first-order valence-corrected chi connectivity index (χ1v) is 22.3. The van der Waals surface area contributed by atoms with Crippen molar-refractivity contribution in [1.82, 2.24) is 58.0 Å². The van der Waals surface area contributed by atoms with E-state index in [0.717, 1.165) is 18.6 Å². The Labute approximate surface area is 374 Å². The van der Waals surface area contributed by atoms with Crippen LogP contribution in [0.1, 0.15) is 90.2 Å². The number of aromatic amines is 1. The largest absolute Gasteiger partial charge is 0.481 e. The predicted octanol–water partition coefficient (Wildman–Crippen LogP) is -2.44. The zero-order chi connectivity index (χ0) is 47.2. The van der Waals surface area contributed by atoms with Gasteiger partial charge < -0.3 is 58.4 Å². The summed E-state index contributed by atoms with van der Waals surface area (Å²) in [5, 5.41) is 39.4. The third-order valence-corrected chi connectivity index (χ3v) is 12.0. The molecule has 356 valence electrons. The first kappa shape index (κ1) is 52.4. The summed E-state index contributed by atoms with van der Waals surface area (Å²) in [7, 11) is 0. The van der Waals surface area contributed by atoms with Crippen LogP contribution in [0.2, 0.25) is 0 Å². The molecule has 3 heterocycles. The molecule has 1 unspecified atom stereocenters. The maximum absolute atomic E-state index is 13.5. The summed E-state index contributed by atoms with van der Waals surface area (Å²) in [6.07, 6.45) is 5.37. The quantitative estimate of drug-likeness (QED) is 0.0165. The third-order valence-electron chi connectivity index (χ3n) is 10.4. The number of nitrogens with two attached hydrogens (primary N) is 1. The van der Waals surface area contributed by atoms with Crippen molar-refractivity contribution in [3.8, 4) is 0 Å². The fourth-order valence-electron chi connectivity index (χ4n) is 7.17. The maximum Gasteiger partial charge on any atom is 0.315 e. The molecule has 0 spiro atoms. The molecule has 2 fully saturated rings. The van der Waals surface area contributed by atoms with E-state index in [2.05, 4.69) is 52.5 Å². The highest BCUT2D eigenvalue weighted by atomic mass is 32.2. The van der Waals surface area contributed by atoms with Gasteiger partial charge in [-0.25, -0.2) is 15.3 Å². The van der Waals surface area contributed by atoms with E-state index in [1.54, 1.807) is 13.8 Å². The van der Waals surface area contributed by atoms with Crippen LogP contribution in [0.5, 0.6) is 0 Å². The van der Waals surface area contributed by atoms with E-state index in [4.69, 9.17) is 10.9 Å². The zero-order valence-corrected chi connectivity index (χ0v) is 36.8. The Bertz CT molecular complexity index is 1780. The number of primary amides is 1. The topological polar surface area (TPSA) is 374 Å². The maximum atomic E-state index is 13.5. The number of nitrogens with zero attached hydrogens (tertiary/aromatic N) is 1. The Kier molecular flexibility index (Phi) is 22.3. The van der Waals surface area contributed by atoms with Crippen LogP contribution in [0.15, 0.2) is 12.5 Å². The van der Waals surface area contributed by atoms with Crippen LogP contribution in [-0.4, -0.2) is 140 Å². The van der Waals surface area contributed by atoms with Crippen LogP contribution in [0.4, 0.5) is 4.79 Å². The van der Waals surface area contributed by atoms with Crippen molar-refractivity contribution in [2.45, 2.75) is 126 Å². The molecule has 2 saturated heterocycles. The molecular formula is C39H62N12O12S. The smallest absolute Gasteiger partial charge is 0.315 e. The molecule has 0 aliphatic carbocycles. The number of amides is 10. The summed E-state index contributed by atoms with van der Waals surface area (Å²) < 4.78 is 0. The number of aliphatic carboxylic acids is 1. The fraction of sp³-hybridized carbons (Fsp3) is 0.667. The molecule has 10 amide bonds. The zero-order valence-electron chi connectivity index (χ0n) is 36.0. The van der Waals surface area contributed by atoms with Crippen LogP contribution in [0, 0.1) is 11.8 Å². The fourth-order valence-corrected chi connectivity index (χ4v) is 8.72. The monoisotopic (exact) mass is 922 g/mol. The number of hydrogen-bond acceptors (Lipinski definition) is 13. The normalized spacial score (nSPS) is 18.2. The average Bonchev–Trinajstić information content (AvgIpc) is 3.99. The van der Waals surface area contributed by atoms with Gasteiger partial charge in [0.25, 0.3) is 0 Å². The lowest BCUT2D eigenvalue weighted by molar-refractivity contribution is -0.139. The number of hydrogen-bond donors (Lipinski definition) is 13. The second-order valence-corrected chi connectivity index (χ2v) is 17.4. The van der Waals surface area contributed by atoms with Crippen molar-refractivity contribution >= 4 is 71.0 Å². The molecule has 0 bridgehead atoms. The molecule has 3 rings (SSSR count). The molecule has 2 aliphatic heterocycles. The van der Waals surface area contributed by atoms with Gasteiger partial charge in [0.15, 0.2) is 0 Å². The summed E-state index contributed by atoms with van der Waals surface area (Å²) in [4.78, 5) is 131. The Morgan fingerprint density at radius 2 is 1.55 bits per heavy atom. The van der Waals surface area contributed by atoms with Gasteiger partial charge >= 0.3 is 12.0 Å². The summed E-state index contributed by atoms with van der Waals surface area (Å²) >= 11 is 1.82. The minimum absolute atomic E-state index is 0.0709. The van der Waals surface area contributed by atoms with Gasteiger partial charge in [-0.05, 0) is 50.9 Å². The second kappa shape index (κ2) is 27.3. The summed E-state index contributed by atoms with van der Waals surface area (Å²) in [6, 6.07) is -3.73. The van der Waals surface area contributed by atoms with E-state index in [0.29, 0.717) is 43.2 Å². The Hall–Kier alpha value is -5.98. The molecule has 25 heteroatoms. The molecule has 1 aromatic rings. The molecule has 0 saturated carbocycles. The SMILES string of the molecule is CC(C)CC(CC(=O)NO)C(=O)N[C@@H](CCC(=O)O)C(=O)N[C@@H](Cc1cnc[nH]1)C(=O)NCC(=O)NCC(=O)N[C@@H](CCCCNC(=O)CCCC[C@@H]1SC[C@@H]2NC(=O)N[C@@H]21)C(N)=O. The Balaban J connectivity index is 1.42. The lowest BCUT2D eigenvalue weighted by Gasteiger charge is -2.25. The van der Waals surface area contributed by atoms with Crippen molar-refractivity contribution in [3.05, 3.63) is 18.2 Å². The van der Waals surface area contributed by atoms with Gasteiger partial charge in [0.2, 0.25) is 47.3 Å². The molecule has 2 aliphatic rings. The number of rotatable bonds is 30. The standard InChI is InChI=1S/C39H62N12O12S/c1-21(2)13-22(14-30(53)51-63)36(59)47-25(10-11-33(56)57)38(61)48-26(15-23-16-41-20-45-23)37(60)44-17-31(54)43-18-32(55)46-24(35(40)58)7-5-6-12-42-29(52)9-4-3-8-28-34-27(19-64-28)49-39(62)50-34/h16,20-22,24-28,34,63H,3-15,17-19H2,1-2H3,(H2,40,58)(H,41,45)(H,42,52)(H,43,54)(H,44,60)(H,46,55)(H,47,59)(H,48,61)(H,51,53)(H,56,57)(H2,49,50,62)/t22?,24-,25-,26-,27-,28-,34-/m0/s1. The van der Waals surface area contributed by atoms with Gasteiger partial charge in [-0.3, -0.25) is 48.4 Å². The van der Waals surface area contributed by atoms with Gasteiger partial charge in [0, 0.05) is 61.0 Å². The first-order chi connectivity index (χ1) is 30.4. The highest BCUT2D eigenvalue weighted by Crippen LogP contribution is 2.33. The number of aromatic nitrogens is 2. The third kappa shape index (κ3) is 19.2. The van der Waals surface area contributed by atoms with Gasteiger partial charge in [-0.1, -0.05) is 20.3 Å². The number of thioether (sulfide) groups is 1. The summed E-state index contributed by atoms with van der Waals surface area (Å²) in [5.41, 5.74) is 7.34. The van der Waals surface area contributed by atoms with Crippen molar-refractivity contribution in [2.24, 2.45) is 17.6 Å². The average molecular weight is 923 g/mol. The van der Waals surface area contributed by atoms with Crippen LogP contribution >= 0.6 is 11.8 Å². The first-order valence-electron chi connectivity index (χ1n) is 21.3. The van der Waals surface area contributed by atoms with E-state index in [1.165, 1.54) is 18.0 Å². The van der Waals surface area contributed by atoms with Crippen LogP contribution in [0.25, 0.3) is 0 Å². The van der Waals surface area contributed by atoms with Crippen LogP contribution in [-0.2, 0) is 49.6 Å². The Morgan fingerprint density at radius 1 is 0.812 bits per heavy atom. The number of fused-ring (bicyclic) bond motifs is 1. The lowest BCUT2D eigenvalue weighted by Crippen LogP contribution is -2.56.